The van der Waals surface area contributed by atoms with Crippen LogP contribution in [0, 0.1) is 12.8 Å². The van der Waals surface area contributed by atoms with Gasteiger partial charge in [0.25, 0.3) is 0 Å². The fourth-order valence-electron chi connectivity index (χ4n) is 4.69. The summed E-state index contributed by atoms with van der Waals surface area (Å²) in [7, 11) is 0. The van der Waals surface area contributed by atoms with Crippen LogP contribution in [0.25, 0.3) is 0 Å². The first-order valence-electron chi connectivity index (χ1n) is 7.39. The first kappa shape index (κ1) is 11.7. The molecular formula is C17H21NO. The lowest BCUT2D eigenvalue weighted by atomic mass is 9.54. The predicted molar refractivity (Wildman–Crippen MR) is 76.2 cm³/mol. The third kappa shape index (κ3) is 1.50. The lowest BCUT2D eigenvalue weighted by Gasteiger charge is -2.55. The number of aliphatic hydroxyl groups is 1. The van der Waals surface area contributed by atoms with E-state index in [0.717, 1.165) is 25.8 Å². The van der Waals surface area contributed by atoms with Gasteiger partial charge in [-0.05, 0) is 49.4 Å². The Labute approximate surface area is 114 Å². The molecule has 4 rings (SSSR count). The number of rotatable bonds is 0. The summed E-state index contributed by atoms with van der Waals surface area (Å²) in [6.45, 7) is 3.30. The Morgan fingerprint density at radius 2 is 2.21 bits per heavy atom. The van der Waals surface area contributed by atoms with Crippen LogP contribution in [0.1, 0.15) is 29.5 Å². The smallest absolute Gasteiger partial charge is 0.0729 e. The highest BCUT2D eigenvalue weighted by atomic mass is 16.3. The molecule has 0 spiro atoms. The molecule has 3 aliphatic rings. The molecule has 0 amide bonds. The molecule has 2 nitrogen and oxygen atoms in total. The summed E-state index contributed by atoms with van der Waals surface area (Å²) < 4.78 is 0. The van der Waals surface area contributed by atoms with Gasteiger partial charge >= 0.3 is 0 Å². The molecule has 1 aromatic carbocycles. The molecule has 2 bridgehead atoms. The monoisotopic (exact) mass is 255 g/mol. The van der Waals surface area contributed by atoms with E-state index in [-0.39, 0.29) is 11.5 Å². The number of piperidine rings is 1. The summed E-state index contributed by atoms with van der Waals surface area (Å²) in [5.41, 5.74) is 4.62. The van der Waals surface area contributed by atoms with Crippen LogP contribution < -0.4 is 5.32 Å². The van der Waals surface area contributed by atoms with E-state index in [2.05, 4.69) is 36.5 Å². The quantitative estimate of drug-likeness (QED) is 0.696. The third-order valence-corrected chi connectivity index (χ3v) is 5.53. The van der Waals surface area contributed by atoms with Gasteiger partial charge in [-0.15, -0.1) is 0 Å². The van der Waals surface area contributed by atoms with Crippen LogP contribution in [0.4, 0.5) is 0 Å². The van der Waals surface area contributed by atoms with Crippen molar-refractivity contribution in [3.05, 3.63) is 47.0 Å². The Hall–Kier alpha value is -1.12. The van der Waals surface area contributed by atoms with Crippen molar-refractivity contribution in [2.45, 2.75) is 43.7 Å². The number of benzene rings is 1. The normalized spacial score (nSPS) is 39.6. The van der Waals surface area contributed by atoms with Crippen molar-refractivity contribution in [3.8, 4) is 0 Å². The van der Waals surface area contributed by atoms with E-state index in [0.29, 0.717) is 12.0 Å². The molecule has 1 saturated heterocycles. The van der Waals surface area contributed by atoms with Crippen molar-refractivity contribution >= 4 is 0 Å². The Bertz CT molecular complexity index is 550. The SMILES string of the molecule is Cc1cccc2c1C[C@H]1NCC[C@@]23C[C@@H](O)C=C[C@@H]13. The minimum Gasteiger partial charge on any atom is -0.389 e. The molecule has 0 radical (unpaired) electrons. The maximum absolute atomic E-state index is 10.1. The third-order valence-electron chi connectivity index (χ3n) is 5.53. The highest BCUT2D eigenvalue weighted by Crippen LogP contribution is 2.52. The lowest BCUT2D eigenvalue weighted by molar-refractivity contribution is 0.0825. The van der Waals surface area contributed by atoms with Crippen molar-refractivity contribution < 1.29 is 5.11 Å². The van der Waals surface area contributed by atoms with E-state index < -0.39 is 0 Å². The zero-order chi connectivity index (χ0) is 13.0. The fourth-order valence-corrected chi connectivity index (χ4v) is 4.69. The first-order valence-corrected chi connectivity index (χ1v) is 7.39. The zero-order valence-electron chi connectivity index (χ0n) is 11.4. The van der Waals surface area contributed by atoms with Gasteiger partial charge in [-0.25, -0.2) is 0 Å². The zero-order valence-corrected chi connectivity index (χ0v) is 11.4. The van der Waals surface area contributed by atoms with Gasteiger partial charge in [0, 0.05) is 17.4 Å². The maximum atomic E-state index is 10.1. The van der Waals surface area contributed by atoms with Crippen LogP contribution in [-0.4, -0.2) is 23.8 Å². The number of hydrogen-bond donors (Lipinski definition) is 2. The number of aryl methyl sites for hydroxylation is 1. The van der Waals surface area contributed by atoms with Gasteiger partial charge in [0.1, 0.15) is 0 Å². The standard InChI is InChI=1S/C17H21NO/c1-11-3-2-4-14-13(11)9-16-15-6-5-12(19)10-17(14,15)7-8-18-16/h2-6,12,15-16,18-19H,7-10H2,1H3/t12-,15-,16+,17+/m0/s1. The second-order valence-corrected chi connectivity index (χ2v) is 6.45. The molecule has 1 fully saturated rings. The maximum Gasteiger partial charge on any atom is 0.0729 e. The van der Waals surface area contributed by atoms with Crippen molar-refractivity contribution in [2.75, 3.05) is 6.54 Å². The molecule has 1 heterocycles. The van der Waals surface area contributed by atoms with Crippen molar-refractivity contribution in [1.82, 2.24) is 5.32 Å². The average molecular weight is 255 g/mol. The van der Waals surface area contributed by atoms with E-state index in [1.165, 1.54) is 16.7 Å². The van der Waals surface area contributed by atoms with Crippen LogP contribution in [0.2, 0.25) is 0 Å². The topological polar surface area (TPSA) is 32.3 Å². The molecule has 1 aliphatic heterocycles. The van der Waals surface area contributed by atoms with Crippen LogP contribution in [0.5, 0.6) is 0 Å². The molecule has 2 heteroatoms. The van der Waals surface area contributed by atoms with Crippen LogP contribution in [0.3, 0.4) is 0 Å². The summed E-state index contributed by atoms with van der Waals surface area (Å²) in [4.78, 5) is 0. The summed E-state index contributed by atoms with van der Waals surface area (Å²) in [6, 6.07) is 7.27. The van der Waals surface area contributed by atoms with E-state index in [4.69, 9.17) is 0 Å². The van der Waals surface area contributed by atoms with Gasteiger partial charge in [-0.1, -0.05) is 30.4 Å². The Balaban J connectivity index is 1.95. The predicted octanol–water partition coefficient (Wildman–Crippen LogP) is 2.09. The van der Waals surface area contributed by atoms with Gasteiger partial charge in [0.05, 0.1) is 6.10 Å². The Morgan fingerprint density at radius 3 is 3.11 bits per heavy atom. The highest BCUT2D eigenvalue weighted by Gasteiger charge is 2.51. The lowest BCUT2D eigenvalue weighted by Crippen LogP contribution is -2.59. The molecule has 2 aliphatic carbocycles. The van der Waals surface area contributed by atoms with Crippen LogP contribution >= 0.6 is 0 Å². The van der Waals surface area contributed by atoms with Gasteiger partial charge in [-0.2, -0.15) is 0 Å². The van der Waals surface area contributed by atoms with Crippen molar-refractivity contribution in [3.63, 3.8) is 0 Å². The van der Waals surface area contributed by atoms with Crippen molar-refractivity contribution in [1.29, 1.82) is 0 Å². The molecule has 0 saturated carbocycles. The van der Waals surface area contributed by atoms with Gasteiger partial charge < -0.3 is 10.4 Å². The molecule has 1 aromatic rings. The van der Waals surface area contributed by atoms with Crippen molar-refractivity contribution in [2.24, 2.45) is 5.92 Å². The second kappa shape index (κ2) is 3.94. The van der Waals surface area contributed by atoms with E-state index in [1.54, 1.807) is 0 Å². The molecule has 2 N–H and O–H groups in total. The summed E-state index contributed by atoms with van der Waals surface area (Å²) in [5.74, 6) is 0.555. The largest absolute Gasteiger partial charge is 0.389 e. The van der Waals surface area contributed by atoms with E-state index >= 15 is 0 Å². The fraction of sp³-hybridized carbons (Fsp3) is 0.529. The molecule has 4 atom stereocenters. The number of nitrogens with one attached hydrogen (secondary N) is 1. The van der Waals surface area contributed by atoms with Crippen LogP contribution in [0.15, 0.2) is 30.4 Å². The molecule has 0 aromatic heterocycles. The molecule has 0 unspecified atom stereocenters. The Kier molecular flexibility index (Phi) is 2.42. The minimum atomic E-state index is -0.276. The summed E-state index contributed by atoms with van der Waals surface area (Å²) in [6.07, 6.45) is 7.17. The molecular weight excluding hydrogens is 234 g/mol. The second-order valence-electron chi connectivity index (χ2n) is 6.45. The van der Waals surface area contributed by atoms with Crippen LogP contribution in [-0.2, 0) is 11.8 Å². The number of hydrogen-bond acceptors (Lipinski definition) is 2. The van der Waals surface area contributed by atoms with Gasteiger partial charge in [0.15, 0.2) is 0 Å². The summed E-state index contributed by atoms with van der Waals surface area (Å²) >= 11 is 0. The van der Waals surface area contributed by atoms with Gasteiger partial charge in [0.2, 0.25) is 0 Å². The average Bonchev–Trinajstić information content (AvgIpc) is 2.39. The molecule has 19 heavy (non-hydrogen) atoms. The highest BCUT2D eigenvalue weighted by molar-refractivity contribution is 5.47. The van der Waals surface area contributed by atoms with Gasteiger partial charge in [-0.3, -0.25) is 0 Å². The number of fused-ring (bicyclic) bond motifs is 1. The minimum absolute atomic E-state index is 0.170. The number of aliphatic hydroxyl groups excluding tert-OH is 1. The summed E-state index contributed by atoms with van der Waals surface area (Å²) in [5, 5.41) is 13.8. The first-order chi connectivity index (χ1) is 9.21. The van der Waals surface area contributed by atoms with E-state index in [9.17, 15) is 5.11 Å². The van der Waals surface area contributed by atoms with E-state index in [1.807, 2.05) is 6.08 Å². The molecule has 100 valence electrons. The Morgan fingerprint density at radius 1 is 1.32 bits per heavy atom.